The number of ether oxygens (including phenoxy) is 1. The van der Waals surface area contributed by atoms with Gasteiger partial charge in [0.2, 0.25) is 0 Å². The topological polar surface area (TPSA) is 36.3 Å². The fourth-order valence-electron chi connectivity index (χ4n) is 3.36. The molecule has 3 rings (SSSR count). The number of nitrogens with zero attached hydrogens (tertiary/aromatic N) is 2. The Labute approximate surface area is 143 Å². The zero-order chi connectivity index (χ0) is 16.8. The second-order valence-electron chi connectivity index (χ2n) is 6.03. The first-order valence-corrected chi connectivity index (χ1v) is 8.31. The molecule has 0 amide bonds. The number of hydrogen-bond acceptors (Lipinski definition) is 3. The average Bonchev–Trinajstić information content (AvgIpc) is 2.65. The average molecular weight is 318 g/mol. The minimum atomic E-state index is -0.763. The standard InChI is InChI=1S/C21H22N2O/c1-18(16-19-8-4-2-5-9-19)21(17-22,20-10-6-3-7-11-20)23-12-14-24-15-13-23/h2-11,16H,12-15H2,1H3/b18-16+/t21-/m0/s1. The first-order valence-electron chi connectivity index (χ1n) is 8.31. The van der Waals surface area contributed by atoms with Gasteiger partial charge in [0.05, 0.1) is 19.3 Å². The minimum absolute atomic E-state index is 0.662. The monoisotopic (exact) mass is 318 g/mol. The van der Waals surface area contributed by atoms with Crippen LogP contribution in [0, 0.1) is 11.3 Å². The van der Waals surface area contributed by atoms with Gasteiger partial charge in [-0.05, 0) is 23.6 Å². The highest BCUT2D eigenvalue weighted by Gasteiger charge is 2.41. The summed E-state index contributed by atoms with van der Waals surface area (Å²) in [6, 6.07) is 22.9. The Balaban J connectivity index is 2.10. The van der Waals surface area contributed by atoms with E-state index in [9.17, 15) is 5.26 Å². The van der Waals surface area contributed by atoms with Gasteiger partial charge in [-0.2, -0.15) is 5.26 Å². The molecule has 24 heavy (non-hydrogen) atoms. The first-order chi connectivity index (χ1) is 11.8. The summed E-state index contributed by atoms with van der Waals surface area (Å²) in [6.07, 6.45) is 2.12. The molecule has 122 valence electrons. The van der Waals surface area contributed by atoms with E-state index in [0.29, 0.717) is 13.2 Å². The lowest BCUT2D eigenvalue weighted by molar-refractivity contribution is 0.00577. The van der Waals surface area contributed by atoms with E-state index in [2.05, 4.69) is 36.1 Å². The van der Waals surface area contributed by atoms with Crippen LogP contribution < -0.4 is 0 Å². The molecule has 2 aromatic carbocycles. The fourth-order valence-corrected chi connectivity index (χ4v) is 3.36. The molecule has 0 N–H and O–H groups in total. The molecule has 1 fully saturated rings. The molecule has 1 heterocycles. The van der Waals surface area contributed by atoms with E-state index in [-0.39, 0.29) is 0 Å². The SMILES string of the molecule is C/C(=C\c1ccccc1)[C@@](C#N)(c1ccccc1)N1CCOCC1. The van der Waals surface area contributed by atoms with Gasteiger partial charge in [-0.1, -0.05) is 66.7 Å². The number of rotatable bonds is 4. The van der Waals surface area contributed by atoms with E-state index in [4.69, 9.17) is 4.74 Å². The lowest BCUT2D eigenvalue weighted by atomic mass is 9.81. The Morgan fingerprint density at radius 1 is 1.04 bits per heavy atom. The van der Waals surface area contributed by atoms with Gasteiger partial charge in [0.15, 0.2) is 5.54 Å². The third kappa shape index (κ3) is 3.12. The maximum Gasteiger partial charge on any atom is 0.156 e. The van der Waals surface area contributed by atoms with E-state index in [1.807, 2.05) is 48.5 Å². The van der Waals surface area contributed by atoms with Crippen molar-refractivity contribution >= 4 is 6.08 Å². The molecular formula is C21H22N2O. The highest BCUT2D eigenvalue weighted by atomic mass is 16.5. The number of benzene rings is 2. The predicted octanol–water partition coefficient (Wildman–Crippen LogP) is 3.84. The lowest BCUT2D eigenvalue weighted by Crippen LogP contribution is -2.51. The van der Waals surface area contributed by atoms with Crippen LogP contribution >= 0.6 is 0 Å². The molecule has 0 unspecified atom stereocenters. The zero-order valence-electron chi connectivity index (χ0n) is 14.0. The summed E-state index contributed by atoms with van der Waals surface area (Å²) in [4.78, 5) is 2.24. The largest absolute Gasteiger partial charge is 0.379 e. The molecule has 2 aromatic rings. The van der Waals surface area contributed by atoms with Gasteiger partial charge in [0, 0.05) is 13.1 Å². The van der Waals surface area contributed by atoms with Crippen LogP contribution in [0.4, 0.5) is 0 Å². The van der Waals surface area contributed by atoms with Crippen molar-refractivity contribution in [3.05, 3.63) is 77.4 Å². The van der Waals surface area contributed by atoms with Gasteiger partial charge in [0.1, 0.15) is 0 Å². The van der Waals surface area contributed by atoms with Gasteiger partial charge >= 0.3 is 0 Å². The molecule has 0 aromatic heterocycles. The van der Waals surface area contributed by atoms with Crippen molar-refractivity contribution in [1.82, 2.24) is 4.90 Å². The Bertz CT molecular complexity index is 727. The van der Waals surface area contributed by atoms with Crippen LogP contribution in [-0.4, -0.2) is 31.2 Å². The summed E-state index contributed by atoms with van der Waals surface area (Å²) in [5.41, 5.74) is 2.39. The van der Waals surface area contributed by atoms with Crippen molar-refractivity contribution in [3.63, 3.8) is 0 Å². The molecule has 1 aliphatic heterocycles. The number of nitriles is 1. The number of morpholine rings is 1. The first kappa shape index (κ1) is 16.4. The van der Waals surface area contributed by atoms with Gasteiger partial charge in [-0.15, -0.1) is 0 Å². The summed E-state index contributed by atoms with van der Waals surface area (Å²) < 4.78 is 5.50. The lowest BCUT2D eigenvalue weighted by Gasteiger charge is -2.42. The van der Waals surface area contributed by atoms with Crippen LogP contribution in [-0.2, 0) is 10.3 Å². The highest BCUT2D eigenvalue weighted by molar-refractivity contribution is 5.59. The van der Waals surface area contributed by atoms with E-state index in [0.717, 1.165) is 29.8 Å². The molecule has 0 bridgehead atoms. The van der Waals surface area contributed by atoms with Crippen LogP contribution in [0.25, 0.3) is 6.08 Å². The van der Waals surface area contributed by atoms with E-state index >= 15 is 0 Å². The minimum Gasteiger partial charge on any atom is -0.379 e. The van der Waals surface area contributed by atoms with Crippen molar-refractivity contribution in [2.75, 3.05) is 26.3 Å². The third-order valence-electron chi connectivity index (χ3n) is 4.59. The van der Waals surface area contributed by atoms with Crippen LogP contribution in [0.1, 0.15) is 18.1 Å². The third-order valence-corrected chi connectivity index (χ3v) is 4.59. The van der Waals surface area contributed by atoms with Crippen molar-refractivity contribution in [1.29, 1.82) is 5.26 Å². The van der Waals surface area contributed by atoms with E-state index < -0.39 is 5.54 Å². The fraction of sp³-hybridized carbons (Fsp3) is 0.286. The smallest absolute Gasteiger partial charge is 0.156 e. The summed E-state index contributed by atoms with van der Waals surface area (Å²) in [5, 5.41) is 10.3. The molecule has 3 heteroatoms. The quantitative estimate of drug-likeness (QED) is 0.859. The maximum absolute atomic E-state index is 10.3. The molecule has 3 nitrogen and oxygen atoms in total. The number of hydrogen-bond donors (Lipinski definition) is 0. The molecule has 0 spiro atoms. The zero-order valence-corrected chi connectivity index (χ0v) is 14.0. The van der Waals surface area contributed by atoms with Crippen molar-refractivity contribution in [2.45, 2.75) is 12.5 Å². The maximum atomic E-state index is 10.3. The van der Waals surface area contributed by atoms with Gasteiger partial charge in [-0.25, -0.2) is 0 Å². The highest BCUT2D eigenvalue weighted by Crippen LogP contribution is 2.37. The Morgan fingerprint density at radius 3 is 2.21 bits per heavy atom. The van der Waals surface area contributed by atoms with Crippen molar-refractivity contribution in [2.24, 2.45) is 0 Å². The van der Waals surface area contributed by atoms with Crippen molar-refractivity contribution < 1.29 is 4.74 Å². The van der Waals surface area contributed by atoms with Crippen LogP contribution in [0.2, 0.25) is 0 Å². The molecule has 0 radical (unpaired) electrons. The van der Waals surface area contributed by atoms with Crippen molar-refractivity contribution in [3.8, 4) is 6.07 Å². The second-order valence-corrected chi connectivity index (χ2v) is 6.03. The molecular weight excluding hydrogens is 296 g/mol. The summed E-state index contributed by atoms with van der Waals surface area (Å²) in [7, 11) is 0. The van der Waals surface area contributed by atoms with Crippen LogP contribution in [0.3, 0.4) is 0 Å². The van der Waals surface area contributed by atoms with Gasteiger partial charge in [-0.3, -0.25) is 4.90 Å². The predicted molar refractivity (Wildman–Crippen MR) is 96.2 cm³/mol. The van der Waals surface area contributed by atoms with E-state index in [1.54, 1.807) is 0 Å². The van der Waals surface area contributed by atoms with Crippen LogP contribution in [0.5, 0.6) is 0 Å². The summed E-state index contributed by atoms with van der Waals surface area (Å²) in [5.74, 6) is 0. The van der Waals surface area contributed by atoms with Gasteiger partial charge < -0.3 is 4.74 Å². The van der Waals surface area contributed by atoms with E-state index in [1.165, 1.54) is 0 Å². The summed E-state index contributed by atoms with van der Waals surface area (Å²) >= 11 is 0. The Morgan fingerprint density at radius 2 is 1.62 bits per heavy atom. The Kier molecular flexibility index (Phi) is 5.10. The molecule has 0 aliphatic carbocycles. The van der Waals surface area contributed by atoms with Crippen LogP contribution in [0.15, 0.2) is 66.2 Å². The second kappa shape index (κ2) is 7.44. The Hall–Kier alpha value is -2.41. The summed E-state index contributed by atoms with van der Waals surface area (Å²) in [6.45, 7) is 4.88. The van der Waals surface area contributed by atoms with Gasteiger partial charge in [0.25, 0.3) is 0 Å². The molecule has 1 aliphatic rings. The molecule has 0 saturated carbocycles. The molecule has 1 atom stereocenters. The normalized spacial score (nSPS) is 18.6. The molecule has 1 saturated heterocycles.